The van der Waals surface area contributed by atoms with Crippen LogP contribution in [0.25, 0.3) is 0 Å². The van der Waals surface area contributed by atoms with Gasteiger partial charge in [-0.3, -0.25) is 0 Å². The lowest BCUT2D eigenvalue weighted by molar-refractivity contribution is 0.472. The zero-order chi connectivity index (χ0) is 14.7. The molecule has 112 valence electrons. The standard InChI is InChI=1S/C16H21N3S2/c1-3-10-17-15-13-7-5-4-6-12(13)8-9-14(15)20-16-18-11(2)19-21-16/h4-7,14-15,17H,3,8-10H2,1-2H3. The Kier molecular flexibility index (Phi) is 4.93. The molecule has 0 spiro atoms. The molecular weight excluding hydrogens is 298 g/mol. The van der Waals surface area contributed by atoms with Gasteiger partial charge in [0.1, 0.15) is 5.82 Å². The molecule has 21 heavy (non-hydrogen) atoms. The summed E-state index contributed by atoms with van der Waals surface area (Å²) in [7, 11) is 0. The van der Waals surface area contributed by atoms with E-state index in [2.05, 4.69) is 45.9 Å². The average molecular weight is 319 g/mol. The fourth-order valence-corrected chi connectivity index (χ4v) is 4.99. The predicted octanol–water partition coefficient (Wildman–Crippen LogP) is 3.99. The number of thioether (sulfide) groups is 1. The molecule has 0 amide bonds. The second-order valence-corrected chi connectivity index (χ2v) is 7.67. The molecule has 0 bridgehead atoms. The summed E-state index contributed by atoms with van der Waals surface area (Å²) in [4.78, 5) is 4.52. The summed E-state index contributed by atoms with van der Waals surface area (Å²) in [6, 6.07) is 9.27. The van der Waals surface area contributed by atoms with Crippen LogP contribution in [0.2, 0.25) is 0 Å². The number of aryl methyl sites for hydroxylation is 2. The van der Waals surface area contributed by atoms with Crippen LogP contribution in [-0.4, -0.2) is 21.2 Å². The van der Waals surface area contributed by atoms with Crippen molar-refractivity contribution in [3.63, 3.8) is 0 Å². The second kappa shape index (κ2) is 6.90. The van der Waals surface area contributed by atoms with Crippen molar-refractivity contribution in [2.75, 3.05) is 6.54 Å². The summed E-state index contributed by atoms with van der Waals surface area (Å²) in [5.41, 5.74) is 2.97. The lowest BCUT2D eigenvalue weighted by Crippen LogP contribution is -2.34. The Hall–Kier alpha value is -0.910. The topological polar surface area (TPSA) is 37.8 Å². The largest absolute Gasteiger partial charge is 0.309 e. The highest BCUT2D eigenvalue weighted by atomic mass is 32.2. The quantitative estimate of drug-likeness (QED) is 0.904. The molecule has 5 heteroatoms. The van der Waals surface area contributed by atoms with E-state index in [1.165, 1.54) is 29.1 Å². The summed E-state index contributed by atoms with van der Waals surface area (Å²) < 4.78 is 5.40. The van der Waals surface area contributed by atoms with Gasteiger partial charge in [0.05, 0.1) is 0 Å². The van der Waals surface area contributed by atoms with Crippen LogP contribution in [0.3, 0.4) is 0 Å². The lowest BCUT2D eigenvalue weighted by atomic mass is 9.87. The highest BCUT2D eigenvalue weighted by Crippen LogP contribution is 2.40. The minimum absolute atomic E-state index is 0.420. The fourth-order valence-electron chi connectivity index (χ4n) is 2.85. The van der Waals surface area contributed by atoms with Gasteiger partial charge in [-0.2, -0.15) is 4.37 Å². The van der Waals surface area contributed by atoms with E-state index in [1.807, 2.05) is 18.7 Å². The van der Waals surface area contributed by atoms with E-state index in [0.29, 0.717) is 11.3 Å². The molecule has 2 atom stereocenters. The van der Waals surface area contributed by atoms with Gasteiger partial charge in [0.25, 0.3) is 0 Å². The molecule has 0 fully saturated rings. The molecule has 1 aromatic heterocycles. The predicted molar refractivity (Wildman–Crippen MR) is 90.1 cm³/mol. The number of rotatable bonds is 5. The van der Waals surface area contributed by atoms with Crippen molar-refractivity contribution in [1.29, 1.82) is 0 Å². The van der Waals surface area contributed by atoms with Crippen LogP contribution in [0.15, 0.2) is 28.6 Å². The third-order valence-electron chi connectivity index (χ3n) is 3.84. The van der Waals surface area contributed by atoms with E-state index in [4.69, 9.17) is 0 Å². The third-order valence-corrected chi connectivity index (χ3v) is 6.05. The van der Waals surface area contributed by atoms with Crippen LogP contribution in [0.4, 0.5) is 0 Å². The summed E-state index contributed by atoms with van der Waals surface area (Å²) in [6.45, 7) is 5.24. The molecule has 3 rings (SSSR count). The summed E-state index contributed by atoms with van der Waals surface area (Å²) >= 11 is 3.41. The Morgan fingerprint density at radius 1 is 1.38 bits per heavy atom. The van der Waals surface area contributed by atoms with Crippen LogP contribution in [0.5, 0.6) is 0 Å². The molecule has 1 aliphatic rings. The minimum atomic E-state index is 0.420. The van der Waals surface area contributed by atoms with Crippen molar-refractivity contribution in [3.8, 4) is 0 Å². The van der Waals surface area contributed by atoms with Gasteiger partial charge in [-0.1, -0.05) is 43.0 Å². The summed E-state index contributed by atoms with van der Waals surface area (Å²) in [6.07, 6.45) is 3.52. The van der Waals surface area contributed by atoms with Gasteiger partial charge in [0.15, 0.2) is 4.34 Å². The molecule has 0 saturated carbocycles. The number of hydrogen-bond donors (Lipinski definition) is 1. The molecule has 3 nitrogen and oxygen atoms in total. The number of nitrogens with one attached hydrogen (secondary N) is 1. The first-order valence-corrected chi connectivity index (χ1v) is 9.21. The van der Waals surface area contributed by atoms with Crippen LogP contribution in [0, 0.1) is 6.92 Å². The molecule has 0 aliphatic heterocycles. The molecule has 0 radical (unpaired) electrons. The number of nitrogens with zero attached hydrogens (tertiary/aromatic N) is 2. The molecular formula is C16H21N3S2. The van der Waals surface area contributed by atoms with E-state index in [0.717, 1.165) is 29.6 Å². The van der Waals surface area contributed by atoms with E-state index in [9.17, 15) is 0 Å². The van der Waals surface area contributed by atoms with Gasteiger partial charge in [0, 0.05) is 11.3 Å². The smallest absolute Gasteiger partial charge is 0.170 e. The van der Waals surface area contributed by atoms with E-state index < -0.39 is 0 Å². The van der Waals surface area contributed by atoms with Crippen LogP contribution in [-0.2, 0) is 6.42 Å². The molecule has 2 unspecified atom stereocenters. The van der Waals surface area contributed by atoms with E-state index in [-0.39, 0.29) is 0 Å². The number of hydrogen-bond acceptors (Lipinski definition) is 5. The molecule has 1 heterocycles. The third kappa shape index (κ3) is 3.47. The van der Waals surface area contributed by atoms with Crippen LogP contribution >= 0.6 is 23.3 Å². The zero-order valence-electron chi connectivity index (χ0n) is 12.5. The molecule has 2 aromatic rings. The van der Waals surface area contributed by atoms with Gasteiger partial charge < -0.3 is 5.32 Å². The van der Waals surface area contributed by atoms with Crippen molar-refractivity contribution in [3.05, 3.63) is 41.2 Å². The van der Waals surface area contributed by atoms with Crippen molar-refractivity contribution in [1.82, 2.24) is 14.7 Å². The Balaban J connectivity index is 1.82. The minimum Gasteiger partial charge on any atom is -0.309 e. The van der Waals surface area contributed by atoms with Gasteiger partial charge in [-0.05, 0) is 55.4 Å². The maximum atomic E-state index is 4.52. The maximum absolute atomic E-state index is 4.52. The first-order valence-electron chi connectivity index (χ1n) is 7.56. The van der Waals surface area contributed by atoms with E-state index >= 15 is 0 Å². The highest BCUT2D eigenvalue weighted by Gasteiger charge is 2.30. The Bertz CT molecular complexity index is 597. The van der Waals surface area contributed by atoms with Crippen molar-refractivity contribution < 1.29 is 0 Å². The van der Waals surface area contributed by atoms with Gasteiger partial charge in [-0.15, -0.1) is 0 Å². The Morgan fingerprint density at radius 3 is 3.00 bits per heavy atom. The first-order chi connectivity index (χ1) is 10.3. The highest BCUT2D eigenvalue weighted by molar-refractivity contribution is 8.01. The SMILES string of the molecule is CCCNC1c2ccccc2CCC1Sc1nc(C)ns1. The normalized spacial score (nSPS) is 21.2. The van der Waals surface area contributed by atoms with E-state index in [1.54, 1.807) is 0 Å². The summed E-state index contributed by atoms with van der Waals surface area (Å²) in [5.74, 6) is 0.886. The van der Waals surface area contributed by atoms with Gasteiger partial charge in [-0.25, -0.2) is 4.98 Å². The number of benzene rings is 1. The molecule has 1 aliphatic carbocycles. The van der Waals surface area contributed by atoms with Crippen LogP contribution in [0.1, 0.15) is 42.8 Å². The van der Waals surface area contributed by atoms with Gasteiger partial charge >= 0.3 is 0 Å². The summed E-state index contributed by atoms with van der Waals surface area (Å²) in [5, 5.41) is 4.28. The molecule has 0 saturated heterocycles. The number of fused-ring (bicyclic) bond motifs is 1. The molecule has 1 N–H and O–H groups in total. The maximum Gasteiger partial charge on any atom is 0.170 e. The fraction of sp³-hybridized carbons (Fsp3) is 0.500. The lowest BCUT2D eigenvalue weighted by Gasteiger charge is -2.33. The monoisotopic (exact) mass is 319 g/mol. The number of aromatic nitrogens is 2. The zero-order valence-corrected chi connectivity index (χ0v) is 14.1. The molecule has 1 aromatic carbocycles. The van der Waals surface area contributed by atoms with Crippen molar-refractivity contribution in [2.45, 2.75) is 48.7 Å². The van der Waals surface area contributed by atoms with Gasteiger partial charge in [0.2, 0.25) is 0 Å². The second-order valence-electron chi connectivity index (χ2n) is 5.43. The van der Waals surface area contributed by atoms with Crippen molar-refractivity contribution >= 4 is 23.3 Å². The average Bonchev–Trinajstić information content (AvgIpc) is 2.91. The Morgan fingerprint density at radius 2 is 2.24 bits per heavy atom. The Labute approximate surface area is 134 Å². The van der Waals surface area contributed by atoms with Crippen LogP contribution < -0.4 is 5.32 Å². The van der Waals surface area contributed by atoms with Crippen molar-refractivity contribution in [2.24, 2.45) is 0 Å². The first kappa shape index (κ1) is 15.0.